The molecule has 0 spiro atoms. The first-order valence-electron chi connectivity index (χ1n) is 8.52. The van der Waals surface area contributed by atoms with Crippen LogP contribution in [0.3, 0.4) is 0 Å². The second-order valence-electron chi connectivity index (χ2n) is 6.28. The van der Waals surface area contributed by atoms with Crippen molar-refractivity contribution >= 4 is 37.7 Å². The van der Waals surface area contributed by atoms with Gasteiger partial charge < -0.3 is 0 Å². The van der Waals surface area contributed by atoms with E-state index in [1.165, 1.54) is 21.9 Å². The zero-order chi connectivity index (χ0) is 17.5. The van der Waals surface area contributed by atoms with Crippen molar-refractivity contribution < 1.29 is 0 Å². The summed E-state index contributed by atoms with van der Waals surface area (Å²) in [6.45, 7) is 0. The molecule has 5 rings (SSSR count). The maximum atomic E-state index is 4.58. The van der Waals surface area contributed by atoms with Crippen LogP contribution < -0.4 is 0 Å². The molecule has 2 nitrogen and oxygen atoms in total. The third kappa shape index (κ3) is 2.44. The van der Waals surface area contributed by atoms with E-state index < -0.39 is 0 Å². The van der Waals surface area contributed by atoms with Crippen LogP contribution in [0.2, 0.25) is 0 Å². The van der Waals surface area contributed by atoms with Crippen molar-refractivity contribution in [1.82, 2.24) is 9.55 Å². The minimum absolute atomic E-state index is 0.933. The van der Waals surface area contributed by atoms with Gasteiger partial charge in [0.15, 0.2) is 0 Å². The molecule has 5 aromatic rings. The first-order valence-corrected chi connectivity index (χ1v) is 9.31. The molecule has 0 saturated carbocycles. The van der Waals surface area contributed by atoms with Crippen molar-refractivity contribution in [3.05, 3.63) is 95.6 Å². The van der Waals surface area contributed by atoms with Crippen molar-refractivity contribution in [3.63, 3.8) is 0 Å². The summed E-state index contributed by atoms with van der Waals surface area (Å²) in [5.74, 6) is 0.933. The monoisotopic (exact) mass is 398 g/mol. The number of nitrogens with zero attached hydrogens (tertiary/aromatic N) is 2. The van der Waals surface area contributed by atoms with Crippen molar-refractivity contribution in [2.75, 3.05) is 0 Å². The number of hydrogen-bond donors (Lipinski definition) is 0. The highest BCUT2D eigenvalue weighted by Gasteiger charge is 2.14. The standard InChI is InChI=1S/C23H15BrN2/c24-18-10-12-22-20(15-18)19-14-17(16-6-2-1-3-7-16)9-11-21(19)26(22)23-8-4-5-13-25-23/h1-15H. The lowest BCUT2D eigenvalue weighted by Gasteiger charge is -2.07. The second-order valence-corrected chi connectivity index (χ2v) is 7.20. The summed E-state index contributed by atoms with van der Waals surface area (Å²) in [6, 6.07) is 29.6. The molecule has 26 heavy (non-hydrogen) atoms. The predicted octanol–water partition coefficient (Wildman–Crippen LogP) is 6.61. The van der Waals surface area contributed by atoms with Crippen molar-refractivity contribution in [1.29, 1.82) is 0 Å². The van der Waals surface area contributed by atoms with Gasteiger partial charge in [-0.25, -0.2) is 4.98 Å². The third-order valence-electron chi connectivity index (χ3n) is 4.71. The van der Waals surface area contributed by atoms with Crippen LogP contribution in [-0.2, 0) is 0 Å². The Balaban J connectivity index is 1.87. The van der Waals surface area contributed by atoms with E-state index in [9.17, 15) is 0 Å². The minimum Gasteiger partial charge on any atom is -0.294 e. The van der Waals surface area contributed by atoms with Gasteiger partial charge in [-0.2, -0.15) is 0 Å². The molecule has 0 N–H and O–H groups in total. The molecular formula is C23H15BrN2. The Morgan fingerprint density at radius 1 is 0.654 bits per heavy atom. The van der Waals surface area contributed by atoms with Gasteiger partial charge in [-0.3, -0.25) is 4.57 Å². The average molecular weight is 399 g/mol. The number of fused-ring (bicyclic) bond motifs is 3. The highest BCUT2D eigenvalue weighted by molar-refractivity contribution is 9.10. The lowest BCUT2D eigenvalue weighted by Crippen LogP contribution is -1.96. The third-order valence-corrected chi connectivity index (χ3v) is 5.21. The molecule has 2 aromatic heterocycles. The fourth-order valence-corrected chi connectivity index (χ4v) is 3.90. The molecule has 0 aliphatic heterocycles. The summed E-state index contributed by atoms with van der Waals surface area (Å²) in [4.78, 5) is 4.58. The van der Waals surface area contributed by atoms with Crippen LogP contribution in [0.4, 0.5) is 0 Å². The predicted molar refractivity (Wildman–Crippen MR) is 112 cm³/mol. The topological polar surface area (TPSA) is 17.8 Å². The number of aromatic nitrogens is 2. The van der Waals surface area contributed by atoms with E-state index in [1.807, 2.05) is 30.5 Å². The van der Waals surface area contributed by atoms with E-state index in [0.717, 1.165) is 21.3 Å². The lowest BCUT2D eigenvalue weighted by atomic mass is 10.0. The Labute approximate surface area is 159 Å². The summed E-state index contributed by atoms with van der Waals surface area (Å²) < 4.78 is 3.31. The van der Waals surface area contributed by atoms with Crippen LogP contribution in [0.25, 0.3) is 38.8 Å². The Morgan fingerprint density at radius 3 is 2.15 bits per heavy atom. The summed E-state index contributed by atoms with van der Waals surface area (Å²) in [5.41, 5.74) is 4.77. The molecule has 0 amide bonds. The van der Waals surface area contributed by atoms with E-state index >= 15 is 0 Å². The summed E-state index contributed by atoms with van der Waals surface area (Å²) >= 11 is 3.62. The summed E-state index contributed by atoms with van der Waals surface area (Å²) in [5, 5.41) is 2.45. The van der Waals surface area contributed by atoms with E-state index in [0.29, 0.717) is 0 Å². The maximum Gasteiger partial charge on any atom is 0.137 e. The highest BCUT2D eigenvalue weighted by atomic mass is 79.9. The fraction of sp³-hybridized carbons (Fsp3) is 0. The normalized spacial score (nSPS) is 11.3. The van der Waals surface area contributed by atoms with Gasteiger partial charge in [0.1, 0.15) is 5.82 Å². The SMILES string of the molecule is Brc1ccc2c(c1)c1cc(-c3ccccc3)ccc1n2-c1ccccn1. The van der Waals surface area contributed by atoms with Gasteiger partial charge in [0, 0.05) is 21.4 Å². The molecule has 2 heterocycles. The fourth-order valence-electron chi connectivity index (χ4n) is 3.54. The zero-order valence-corrected chi connectivity index (χ0v) is 15.5. The second kappa shape index (κ2) is 6.11. The van der Waals surface area contributed by atoms with Crippen LogP contribution in [0.1, 0.15) is 0 Å². The van der Waals surface area contributed by atoms with Crippen LogP contribution in [0.15, 0.2) is 95.6 Å². The molecule has 3 heteroatoms. The summed E-state index contributed by atoms with van der Waals surface area (Å²) in [6.07, 6.45) is 1.84. The van der Waals surface area contributed by atoms with Crippen molar-refractivity contribution in [2.24, 2.45) is 0 Å². The largest absolute Gasteiger partial charge is 0.294 e. The molecule has 0 aliphatic carbocycles. The molecule has 0 radical (unpaired) electrons. The zero-order valence-electron chi connectivity index (χ0n) is 13.9. The Hall–Kier alpha value is -2.91. The minimum atomic E-state index is 0.933. The summed E-state index contributed by atoms with van der Waals surface area (Å²) in [7, 11) is 0. The molecular weight excluding hydrogens is 384 g/mol. The van der Waals surface area contributed by atoms with Gasteiger partial charge in [-0.05, 0) is 53.6 Å². The van der Waals surface area contributed by atoms with Crippen molar-refractivity contribution in [2.45, 2.75) is 0 Å². The lowest BCUT2D eigenvalue weighted by molar-refractivity contribution is 1.08. The van der Waals surface area contributed by atoms with Gasteiger partial charge >= 0.3 is 0 Å². The number of halogens is 1. The van der Waals surface area contributed by atoms with E-state index in [4.69, 9.17) is 0 Å². The average Bonchev–Trinajstić information content (AvgIpc) is 3.02. The molecule has 0 bridgehead atoms. The van der Waals surface area contributed by atoms with Crippen LogP contribution in [-0.4, -0.2) is 9.55 Å². The molecule has 124 valence electrons. The number of rotatable bonds is 2. The smallest absolute Gasteiger partial charge is 0.137 e. The van der Waals surface area contributed by atoms with Crippen LogP contribution >= 0.6 is 15.9 Å². The molecule has 0 fully saturated rings. The quantitative estimate of drug-likeness (QED) is 0.327. The Morgan fingerprint density at radius 2 is 1.38 bits per heavy atom. The van der Waals surface area contributed by atoms with E-state index in [2.05, 4.69) is 86.1 Å². The van der Waals surface area contributed by atoms with Crippen molar-refractivity contribution in [3.8, 4) is 16.9 Å². The highest BCUT2D eigenvalue weighted by Crippen LogP contribution is 2.35. The van der Waals surface area contributed by atoms with E-state index in [-0.39, 0.29) is 0 Å². The van der Waals surface area contributed by atoms with Gasteiger partial charge in [0.25, 0.3) is 0 Å². The molecule has 0 atom stereocenters. The molecule has 0 aliphatic rings. The molecule has 0 saturated heterocycles. The van der Waals surface area contributed by atoms with E-state index in [1.54, 1.807) is 0 Å². The Bertz CT molecular complexity index is 1230. The van der Waals surface area contributed by atoms with Gasteiger partial charge in [0.05, 0.1) is 11.0 Å². The number of hydrogen-bond acceptors (Lipinski definition) is 1. The number of benzene rings is 3. The first kappa shape index (κ1) is 15.4. The Kier molecular flexibility index (Phi) is 3.61. The van der Waals surface area contributed by atoms with Gasteiger partial charge in [0.2, 0.25) is 0 Å². The first-order chi connectivity index (χ1) is 12.8. The number of pyridine rings is 1. The van der Waals surface area contributed by atoms with Gasteiger partial charge in [-0.1, -0.05) is 58.4 Å². The molecule has 0 unspecified atom stereocenters. The van der Waals surface area contributed by atoms with Crippen LogP contribution in [0, 0.1) is 0 Å². The molecule has 3 aromatic carbocycles. The van der Waals surface area contributed by atoms with Crippen LogP contribution in [0.5, 0.6) is 0 Å². The maximum absolute atomic E-state index is 4.58. The van der Waals surface area contributed by atoms with Gasteiger partial charge in [-0.15, -0.1) is 0 Å².